The Hall–Kier alpha value is -2.08. The number of carbonyl (C=O) groups is 2. The Bertz CT molecular complexity index is 548. The van der Waals surface area contributed by atoms with Gasteiger partial charge in [0.25, 0.3) is 0 Å². The Balaban J connectivity index is 2.07. The van der Waals surface area contributed by atoms with Crippen molar-refractivity contribution in [2.24, 2.45) is 0 Å². The molecule has 0 bridgehead atoms. The van der Waals surface area contributed by atoms with Crippen LogP contribution in [0.4, 0.5) is 4.79 Å². The zero-order valence-corrected chi connectivity index (χ0v) is 14.2. The average Bonchev–Trinajstić information content (AvgIpc) is 2.99. The van der Waals surface area contributed by atoms with Gasteiger partial charge >= 0.3 is 12.1 Å². The minimum absolute atomic E-state index is 0.0145. The first kappa shape index (κ1) is 18.3. The Kier molecular flexibility index (Phi) is 6.61. The van der Waals surface area contributed by atoms with Gasteiger partial charge in [0.05, 0.1) is 12.2 Å². The van der Waals surface area contributed by atoms with E-state index in [1.54, 1.807) is 0 Å². The summed E-state index contributed by atoms with van der Waals surface area (Å²) in [6.45, 7) is 4.25. The molecule has 6 nitrogen and oxygen atoms in total. The second-order valence-electron chi connectivity index (χ2n) is 6.08. The SMILES string of the molecule is CCCN(C(=O)OCc1ccccc1)C(C(=O)O)C1CCC(C)O1. The molecule has 1 aliphatic rings. The van der Waals surface area contributed by atoms with Crippen LogP contribution in [0.15, 0.2) is 30.3 Å². The van der Waals surface area contributed by atoms with Gasteiger partial charge in [-0.25, -0.2) is 9.59 Å². The van der Waals surface area contributed by atoms with E-state index < -0.39 is 24.2 Å². The van der Waals surface area contributed by atoms with Crippen LogP contribution in [-0.2, 0) is 20.9 Å². The van der Waals surface area contributed by atoms with E-state index in [2.05, 4.69) is 0 Å². The predicted molar refractivity (Wildman–Crippen MR) is 88.6 cm³/mol. The maximum Gasteiger partial charge on any atom is 0.410 e. The summed E-state index contributed by atoms with van der Waals surface area (Å²) in [4.78, 5) is 25.5. The van der Waals surface area contributed by atoms with E-state index in [1.165, 1.54) is 4.90 Å². The third-order valence-electron chi connectivity index (χ3n) is 4.11. The number of carboxylic acid groups (broad SMARTS) is 1. The zero-order chi connectivity index (χ0) is 17.5. The minimum atomic E-state index is -1.06. The van der Waals surface area contributed by atoms with Crippen molar-refractivity contribution in [1.29, 1.82) is 0 Å². The quantitative estimate of drug-likeness (QED) is 0.829. The van der Waals surface area contributed by atoms with Crippen molar-refractivity contribution < 1.29 is 24.2 Å². The molecule has 132 valence electrons. The highest BCUT2D eigenvalue weighted by molar-refractivity contribution is 5.80. The molecule has 1 saturated heterocycles. The molecule has 0 aliphatic carbocycles. The number of benzene rings is 1. The van der Waals surface area contributed by atoms with Gasteiger partial charge in [0.15, 0.2) is 6.04 Å². The molecule has 1 aromatic rings. The van der Waals surface area contributed by atoms with Crippen molar-refractivity contribution in [3.8, 4) is 0 Å². The van der Waals surface area contributed by atoms with E-state index in [1.807, 2.05) is 44.2 Å². The molecule has 1 aromatic carbocycles. The Morgan fingerprint density at radius 1 is 1.33 bits per heavy atom. The average molecular weight is 335 g/mol. The van der Waals surface area contributed by atoms with Gasteiger partial charge in [0.1, 0.15) is 6.61 Å². The molecule has 2 rings (SSSR count). The number of amides is 1. The van der Waals surface area contributed by atoms with Crippen molar-refractivity contribution in [2.75, 3.05) is 6.54 Å². The predicted octanol–water partition coefficient (Wildman–Crippen LogP) is 3.06. The second kappa shape index (κ2) is 8.68. The van der Waals surface area contributed by atoms with Crippen LogP contribution in [0.1, 0.15) is 38.7 Å². The standard InChI is InChI=1S/C18H25NO5/c1-3-11-19(16(17(20)21)15-10-9-13(2)24-15)18(22)23-12-14-7-5-4-6-8-14/h4-8,13,15-16H,3,9-12H2,1-2H3,(H,20,21). The second-order valence-corrected chi connectivity index (χ2v) is 6.08. The van der Waals surface area contributed by atoms with Crippen molar-refractivity contribution in [3.63, 3.8) is 0 Å². The first-order valence-electron chi connectivity index (χ1n) is 8.38. The summed E-state index contributed by atoms with van der Waals surface area (Å²) in [5.74, 6) is -1.06. The number of hydrogen-bond donors (Lipinski definition) is 1. The molecule has 0 saturated carbocycles. The lowest BCUT2D eigenvalue weighted by molar-refractivity contribution is -0.148. The number of aliphatic carboxylic acids is 1. The van der Waals surface area contributed by atoms with Crippen LogP contribution in [0.5, 0.6) is 0 Å². The summed E-state index contributed by atoms with van der Waals surface area (Å²) in [5.41, 5.74) is 0.861. The fourth-order valence-electron chi connectivity index (χ4n) is 2.95. The van der Waals surface area contributed by atoms with Crippen molar-refractivity contribution in [2.45, 2.75) is 58.0 Å². The van der Waals surface area contributed by atoms with E-state index >= 15 is 0 Å². The molecular weight excluding hydrogens is 310 g/mol. The number of ether oxygens (including phenoxy) is 2. The third-order valence-corrected chi connectivity index (χ3v) is 4.11. The summed E-state index contributed by atoms with van der Waals surface area (Å²) in [7, 11) is 0. The van der Waals surface area contributed by atoms with Crippen LogP contribution in [0.3, 0.4) is 0 Å². The molecule has 1 amide bonds. The maximum absolute atomic E-state index is 12.5. The van der Waals surface area contributed by atoms with Gasteiger partial charge in [-0.3, -0.25) is 4.90 Å². The molecule has 0 radical (unpaired) electrons. The maximum atomic E-state index is 12.5. The van der Waals surface area contributed by atoms with Gasteiger partial charge in [-0.2, -0.15) is 0 Å². The van der Waals surface area contributed by atoms with Gasteiger partial charge in [-0.15, -0.1) is 0 Å². The third kappa shape index (κ3) is 4.71. The van der Waals surface area contributed by atoms with Gasteiger partial charge in [0.2, 0.25) is 0 Å². The minimum Gasteiger partial charge on any atom is -0.480 e. The molecule has 1 fully saturated rings. The lowest BCUT2D eigenvalue weighted by Gasteiger charge is -2.31. The topological polar surface area (TPSA) is 76.1 Å². The smallest absolute Gasteiger partial charge is 0.410 e. The highest BCUT2D eigenvalue weighted by Gasteiger charge is 2.41. The monoisotopic (exact) mass is 335 g/mol. The highest BCUT2D eigenvalue weighted by Crippen LogP contribution is 2.25. The molecule has 0 aromatic heterocycles. The summed E-state index contributed by atoms with van der Waals surface area (Å²) in [5, 5.41) is 9.62. The van der Waals surface area contributed by atoms with Gasteiger partial charge in [-0.05, 0) is 31.7 Å². The van der Waals surface area contributed by atoms with Crippen molar-refractivity contribution in [3.05, 3.63) is 35.9 Å². The summed E-state index contributed by atoms with van der Waals surface area (Å²) < 4.78 is 11.0. The van der Waals surface area contributed by atoms with Gasteiger partial charge < -0.3 is 14.6 Å². The summed E-state index contributed by atoms with van der Waals surface area (Å²) >= 11 is 0. The fraction of sp³-hybridized carbons (Fsp3) is 0.556. The van der Waals surface area contributed by atoms with Crippen LogP contribution in [0.25, 0.3) is 0 Å². The largest absolute Gasteiger partial charge is 0.480 e. The lowest BCUT2D eigenvalue weighted by Crippen LogP contribution is -2.52. The Morgan fingerprint density at radius 3 is 2.58 bits per heavy atom. The molecule has 1 heterocycles. The van der Waals surface area contributed by atoms with E-state index in [4.69, 9.17) is 9.47 Å². The summed E-state index contributed by atoms with van der Waals surface area (Å²) in [6.07, 6.45) is 0.981. The molecule has 1 N–H and O–H groups in total. The molecular formula is C18H25NO5. The van der Waals surface area contributed by atoms with E-state index in [-0.39, 0.29) is 12.7 Å². The molecule has 1 aliphatic heterocycles. The number of carbonyl (C=O) groups excluding carboxylic acids is 1. The molecule has 24 heavy (non-hydrogen) atoms. The van der Waals surface area contributed by atoms with E-state index in [0.717, 1.165) is 12.0 Å². The first-order valence-corrected chi connectivity index (χ1v) is 8.38. The molecule has 6 heteroatoms. The zero-order valence-electron chi connectivity index (χ0n) is 14.2. The van der Waals surface area contributed by atoms with Crippen LogP contribution in [0.2, 0.25) is 0 Å². The molecule has 3 unspecified atom stereocenters. The van der Waals surface area contributed by atoms with Crippen LogP contribution >= 0.6 is 0 Å². The fourth-order valence-corrected chi connectivity index (χ4v) is 2.95. The van der Waals surface area contributed by atoms with E-state index in [0.29, 0.717) is 19.4 Å². The van der Waals surface area contributed by atoms with Crippen LogP contribution in [-0.4, -0.2) is 46.9 Å². The van der Waals surface area contributed by atoms with Gasteiger partial charge in [-0.1, -0.05) is 37.3 Å². The normalized spacial score (nSPS) is 21.2. The highest BCUT2D eigenvalue weighted by atomic mass is 16.6. The van der Waals surface area contributed by atoms with Crippen molar-refractivity contribution >= 4 is 12.1 Å². The Labute approximate surface area is 142 Å². The first-order chi connectivity index (χ1) is 11.5. The Morgan fingerprint density at radius 2 is 2.04 bits per heavy atom. The van der Waals surface area contributed by atoms with Crippen molar-refractivity contribution in [1.82, 2.24) is 4.90 Å². The number of hydrogen-bond acceptors (Lipinski definition) is 4. The number of carboxylic acids is 1. The van der Waals surface area contributed by atoms with Gasteiger partial charge in [0, 0.05) is 6.54 Å². The van der Waals surface area contributed by atoms with Crippen LogP contribution < -0.4 is 0 Å². The van der Waals surface area contributed by atoms with E-state index in [9.17, 15) is 14.7 Å². The van der Waals surface area contributed by atoms with Crippen LogP contribution in [0, 0.1) is 0 Å². The molecule has 3 atom stereocenters. The summed E-state index contributed by atoms with van der Waals surface area (Å²) in [6, 6.07) is 8.30. The number of nitrogens with zero attached hydrogens (tertiary/aromatic N) is 1. The molecule has 0 spiro atoms. The lowest BCUT2D eigenvalue weighted by atomic mass is 10.1. The number of rotatable bonds is 7.